The summed E-state index contributed by atoms with van der Waals surface area (Å²) < 4.78 is 18.2. The van der Waals surface area contributed by atoms with E-state index in [9.17, 15) is 19.2 Å². The van der Waals surface area contributed by atoms with Gasteiger partial charge < -0.3 is 24.1 Å². The summed E-state index contributed by atoms with van der Waals surface area (Å²) in [5.74, 6) is -1.46. The van der Waals surface area contributed by atoms with Gasteiger partial charge in [0.15, 0.2) is 4.80 Å². The Morgan fingerprint density at radius 1 is 1.02 bits per heavy atom. The Labute approximate surface area is 250 Å². The van der Waals surface area contributed by atoms with Crippen molar-refractivity contribution in [3.63, 3.8) is 0 Å². The van der Waals surface area contributed by atoms with E-state index in [1.807, 2.05) is 10.6 Å². The van der Waals surface area contributed by atoms with Gasteiger partial charge in [-0.2, -0.15) is 4.99 Å². The molecule has 10 nitrogen and oxygen atoms in total. The summed E-state index contributed by atoms with van der Waals surface area (Å²) in [5, 5.41) is 3.38. The molecule has 220 valence electrons. The number of esters is 2. The topological polar surface area (TPSA) is 125 Å². The van der Waals surface area contributed by atoms with E-state index in [1.165, 1.54) is 22.7 Å². The molecular weight excluding hydrogens is 587 g/mol. The fourth-order valence-electron chi connectivity index (χ4n) is 4.50. The third-order valence-corrected chi connectivity index (χ3v) is 9.46. The van der Waals surface area contributed by atoms with Crippen molar-refractivity contribution in [3.8, 4) is 0 Å². The first-order chi connectivity index (χ1) is 19.9. The van der Waals surface area contributed by atoms with Gasteiger partial charge in [-0.3, -0.25) is 9.59 Å². The van der Waals surface area contributed by atoms with Gasteiger partial charge in [0.2, 0.25) is 5.91 Å². The van der Waals surface area contributed by atoms with E-state index in [0.29, 0.717) is 34.1 Å². The van der Waals surface area contributed by atoms with Crippen molar-refractivity contribution >= 4 is 73.4 Å². The molecule has 0 fully saturated rings. The van der Waals surface area contributed by atoms with Crippen molar-refractivity contribution < 1.29 is 33.4 Å². The first kappa shape index (κ1) is 30.9. The van der Waals surface area contributed by atoms with Gasteiger partial charge in [-0.15, -0.1) is 23.1 Å². The minimum absolute atomic E-state index is 0.00565. The SMILES string of the molecule is CCOC(=O)c1ccc2c(c1)sc(=NC(=O)CSCC(=O)Nc1sc3c(c1C(=O)OCC)CCCC3)n2CCOC. The molecule has 0 atom stereocenters. The van der Waals surface area contributed by atoms with Crippen LogP contribution in [0.3, 0.4) is 0 Å². The zero-order valence-electron chi connectivity index (χ0n) is 23.3. The number of thiophene rings is 1. The fraction of sp³-hybridized carbons (Fsp3) is 0.464. The molecule has 0 unspecified atom stereocenters. The van der Waals surface area contributed by atoms with Crippen molar-refractivity contribution in [2.75, 3.05) is 43.8 Å². The van der Waals surface area contributed by atoms with Gasteiger partial charge in [0.1, 0.15) is 5.00 Å². The van der Waals surface area contributed by atoms with E-state index in [4.69, 9.17) is 14.2 Å². The summed E-state index contributed by atoms with van der Waals surface area (Å²) in [4.78, 5) is 56.2. The third-order valence-electron chi connectivity index (χ3n) is 6.30. The Kier molecular flexibility index (Phi) is 11.1. The fourth-order valence-corrected chi connectivity index (χ4v) is 7.51. The lowest BCUT2D eigenvalue weighted by atomic mass is 9.95. The van der Waals surface area contributed by atoms with E-state index in [1.54, 1.807) is 33.1 Å². The van der Waals surface area contributed by atoms with Gasteiger partial charge >= 0.3 is 11.9 Å². The van der Waals surface area contributed by atoms with Gasteiger partial charge in [0.05, 0.1) is 52.7 Å². The molecule has 41 heavy (non-hydrogen) atoms. The second-order valence-corrected chi connectivity index (χ2v) is 12.2. The number of ether oxygens (including phenoxy) is 3. The van der Waals surface area contributed by atoms with E-state index in [2.05, 4.69) is 10.3 Å². The van der Waals surface area contributed by atoms with Crippen molar-refractivity contribution in [2.24, 2.45) is 4.99 Å². The van der Waals surface area contributed by atoms with Crippen LogP contribution in [-0.2, 0) is 43.2 Å². The summed E-state index contributed by atoms with van der Waals surface area (Å²) in [5.41, 5.74) is 2.70. The summed E-state index contributed by atoms with van der Waals surface area (Å²) in [6.07, 6.45) is 3.75. The van der Waals surface area contributed by atoms with Crippen molar-refractivity contribution in [3.05, 3.63) is 44.6 Å². The molecule has 0 saturated heterocycles. The first-order valence-electron chi connectivity index (χ1n) is 13.4. The van der Waals surface area contributed by atoms with Crippen LogP contribution in [0.1, 0.15) is 57.8 Å². The smallest absolute Gasteiger partial charge is 0.341 e. The predicted octanol–water partition coefficient (Wildman–Crippen LogP) is 4.44. The molecule has 0 bridgehead atoms. The molecule has 2 heterocycles. The number of thioether (sulfide) groups is 1. The molecule has 0 aliphatic heterocycles. The number of carbonyl (C=O) groups excluding carboxylic acids is 4. The maximum Gasteiger partial charge on any atom is 0.341 e. The lowest BCUT2D eigenvalue weighted by Crippen LogP contribution is -2.20. The molecule has 1 aromatic carbocycles. The molecule has 0 radical (unpaired) electrons. The number of methoxy groups -OCH3 is 1. The largest absolute Gasteiger partial charge is 0.462 e. The highest BCUT2D eigenvalue weighted by molar-refractivity contribution is 8.00. The van der Waals surface area contributed by atoms with Gasteiger partial charge in [0.25, 0.3) is 5.91 Å². The number of nitrogens with zero attached hydrogens (tertiary/aromatic N) is 2. The monoisotopic (exact) mass is 619 g/mol. The molecule has 1 aliphatic carbocycles. The number of hydrogen-bond donors (Lipinski definition) is 1. The van der Waals surface area contributed by atoms with Crippen molar-refractivity contribution in [1.29, 1.82) is 0 Å². The van der Waals surface area contributed by atoms with E-state index >= 15 is 0 Å². The summed E-state index contributed by atoms with van der Waals surface area (Å²) in [6.45, 7) is 4.94. The van der Waals surface area contributed by atoms with Gasteiger partial charge in [-0.25, -0.2) is 9.59 Å². The first-order valence-corrected chi connectivity index (χ1v) is 16.2. The molecule has 4 rings (SSSR count). The number of fused-ring (bicyclic) bond motifs is 2. The van der Waals surface area contributed by atoms with Crippen LogP contribution < -0.4 is 10.1 Å². The number of nitrogens with one attached hydrogen (secondary N) is 1. The van der Waals surface area contributed by atoms with Crippen LogP contribution in [0.25, 0.3) is 10.2 Å². The lowest BCUT2D eigenvalue weighted by Gasteiger charge is -2.12. The number of benzene rings is 1. The number of hydrogen-bond acceptors (Lipinski definition) is 10. The quantitative estimate of drug-likeness (QED) is 0.295. The average Bonchev–Trinajstić information content (AvgIpc) is 3.48. The van der Waals surface area contributed by atoms with E-state index in [0.717, 1.165) is 58.1 Å². The van der Waals surface area contributed by atoms with Crippen molar-refractivity contribution in [1.82, 2.24) is 4.57 Å². The van der Waals surface area contributed by atoms with Crippen molar-refractivity contribution in [2.45, 2.75) is 46.1 Å². The summed E-state index contributed by atoms with van der Waals surface area (Å²) in [7, 11) is 1.60. The average molecular weight is 620 g/mol. The summed E-state index contributed by atoms with van der Waals surface area (Å²) in [6, 6.07) is 5.23. The predicted molar refractivity (Wildman–Crippen MR) is 161 cm³/mol. The molecule has 13 heteroatoms. The van der Waals surface area contributed by atoms with E-state index in [-0.39, 0.29) is 36.5 Å². The maximum absolute atomic E-state index is 12.8. The molecule has 0 spiro atoms. The van der Waals surface area contributed by atoms with Crippen LogP contribution in [0.15, 0.2) is 23.2 Å². The summed E-state index contributed by atoms with van der Waals surface area (Å²) >= 11 is 3.88. The van der Waals surface area contributed by atoms with E-state index < -0.39 is 11.9 Å². The van der Waals surface area contributed by atoms with Crippen LogP contribution in [0.4, 0.5) is 5.00 Å². The number of aromatic nitrogens is 1. The van der Waals surface area contributed by atoms with Gasteiger partial charge in [-0.05, 0) is 63.3 Å². The van der Waals surface area contributed by atoms with Crippen LogP contribution in [0, 0.1) is 0 Å². The molecule has 2 aromatic heterocycles. The van der Waals surface area contributed by atoms with Crippen LogP contribution >= 0.6 is 34.4 Å². The zero-order valence-corrected chi connectivity index (χ0v) is 25.7. The highest BCUT2D eigenvalue weighted by Gasteiger charge is 2.27. The number of anilines is 1. The standard InChI is InChI=1S/C28H33N3O7S3/c1-4-37-26(34)17-10-11-19-21(14-17)41-28(31(19)12-13-36-3)30-23(33)16-39-15-22(32)29-25-24(27(35)38-5-2)18-8-6-7-9-20(18)40-25/h10-11,14H,4-9,12-13,15-16H2,1-3H3,(H,29,32). The zero-order chi connectivity index (χ0) is 29.4. The lowest BCUT2D eigenvalue weighted by molar-refractivity contribution is -0.115. The minimum Gasteiger partial charge on any atom is -0.462 e. The molecule has 1 N–H and O–H groups in total. The second-order valence-electron chi connectivity index (χ2n) is 9.11. The Morgan fingerprint density at radius 2 is 1.78 bits per heavy atom. The maximum atomic E-state index is 12.8. The number of amides is 2. The Morgan fingerprint density at radius 3 is 2.54 bits per heavy atom. The van der Waals surface area contributed by atoms with Crippen LogP contribution in [-0.4, -0.2) is 66.8 Å². The molecule has 2 amide bonds. The molecule has 1 aliphatic rings. The molecule has 3 aromatic rings. The van der Waals surface area contributed by atoms with Crippen LogP contribution in [0.5, 0.6) is 0 Å². The van der Waals surface area contributed by atoms with Crippen LogP contribution in [0.2, 0.25) is 0 Å². The number of rotatable bonds is 12. The Balaban J connectivity index is 1.43. The number of thiazole rings is 1. The number of aryl methyl sites for hydroxylation is 1. The molecular formula is C28H33N3O7S3. The Hall–Kier alpha value is -3.00. The highest BCUT2D eigenvalue weighted by atomic mass is 32.2. The van der Waals surface area contributed by atoms with Gasteiger partial charge in [-0.1, -0.05) is 11.3 Å². The second kappa shape index (κ2) is 14.8. The molecule has 0 saturated carbocycles. The third kappa shape index (κ3) is 7.64. The number of carbonyl (C=O) groups is 4. The van der Waals surface area contributed by atoms with Gasteiger partial charge in [0, 0.05) is 18.5 Å². The normalized spacial score (nSPS) is 13.2. The Bertz CT molecular complexity index is 1510. The highest BCUT2D eigenvalue weighted by Crippen LogP contribution is 2.38. The minimum atomic E-state index is -0.414.